The van der Waals surface area contributed by atoms with Gasteiger partial charge in [-0.05, 0) is 96.6 Å². The van der Waals surface area contributed by atoms with E-state index in [0.717, 1.165) is 11.1 Å². The highest BCUT2D eigenvalue weighted by Crippen LogP contribution is 2.45. The fraction of sp³-hybridized carbons (Fsp3) is 0.200. The molecule has 6 aromatic carbocycles. The Morgan fingerprint density at radius 1 is 0.410 bits per heavy atom. The summed E-state index contributed by atoms with van der Waals surface area (Å²) in [6.45, 7) is 0.837. The van der Waals surface area contributed by atoms with Crippen LogP contribution in [0.25, 0.3) is 0 Å². The number of phenolic OH excluding ortho intramolecular Hbond substituents is 12. The summed E-state index contributed by atoms with van der Waals surface area (Å²) in [5, 5.41) is 124. The van der Waals surface area contributed by atoms with Crippen molar-refractivity contribution >= 4 is 0 Å². The summed E-state index contributed by atoms with van der Waals surface area (Å²) in [7, 11) is 0. The Kier molecular flexibility index (Phi) is 11.8. The van der Waals surface area contributed by atoms with Gasteiger partial charge in [0.1, 0.15) is 46.7 Å². The topological polar surface area (TPSA) is 285 Å². The van der Waals surface area contributed by atoms with Gasteiger partial charge < -0.3 is 81.4 Å². The molecule has 0 amide bonds. The number of ether oxygens (including phenoxy) is 2. The second kappa shape index (κ2) is 17.3. The van der Waals surface area contributed by atoms with Gasteiger partial charge in [0.15, 0.2) is 46.0 Å². The molecule has 16 heteroatoms. The molecule has 0 radical (unpaired) electrons. The first kappa shape index (κ1) is 41.6. The van der Waals surface area contributed by atoms with Gasteiger partial charge in [0.05, 0.1) is 12.1 Å². The number of benzene rings is 6. The summed E-state index contributed by atoms with van der Waals surface area (Å²) in [5.41, 5.74) is 3.83. The van der Waals surface area contributed by atoms with Gasteiger partial charge in [-0.1, -0.05) is 24.3 Å². The summed E-state index contributed by atoms with van der Waals surface area (Å²) < 4.78 is 12.1. The molecule has 0 bridgehead atoms. The molecule has 0 unspecified atom stereocenters. The summed E-state index contributed by atoms with van der Waals surface area (Å²) in [6, 6.07) is 22.6. The van der Waals surface area contributed by atoms with Crippen molar-refractivity contribution in [2.45, 2.75) is 50.1 Å². The lowest BCUT2D eigenvalue weighted by Gasteiger charge is -2.35. The van der Waals surface area contributed by atoms with E-state index in [4.69, 9.17) is 9.47 Å². The van der Waals surface area contributed by atoms with Crippen LogP contribution >= 0.6 is 0 Å². The molecule has 2 aliphatic heterocycles. The molecule has 14 N–H and O–H groups in total. The monoisotopic (exact) mass is 836 g/mol. The normalized spacial score (nSPS) is 17.8. The fourth-order valence-electron chi connectivity index (χ4n) is 7.39. The van der Waals surface area contributed by atoms with Crippen LogP contribution in [-0.4, -0.2) is 79.9 Å². The van der Waals surface area contributed by atoms with Crippen LogP contribution in [0.2, 0.25) is 0 Å². The van der Waals surface area contributed by atoms with Crippen molar-refractivity contribution in [3.63, 3.8) is 0 Å². The van der Waals surface area contributed by atoms with Crippen molar-refractivity contribution in [1.82, 2.24) is 10.6 Å². The summed E-state index contributed by atoms with van der Waals surface area (Å²) >= 11 is 0. The summed E-state index contributed by atoms with van der Waals surface area (Å²) in [6.07, 6.45) is 0.156. The first-order chi connectivity index (χ1) is 29.1. The second-order valence-electron chi connectivity index (χ2n) is 14.8. The van der Waals surface area contributed by atoms with Crippen molar-refractivity contribution < 1.29 is 70.8 Å². The van der Waals surface area contributed by atoms with E-state index in [1.54, 1.807) is 24.3 Å². The van der Waals surface area contributed by atoms with Crippen LogP contribution in [0, 0.1) is 0 Å². The van der Waals surface area contributed by atoms with Crippen molar-refractivity contribution in [3.8, 4) is 80.5 Å². The van der Waals surface area contributed by atoms with Crippen LogP contribution in [-0.2, 0) is 25.8 Å². The van der Waals surface area contributed by atoms with Crippen LogP contribution in [0.1, 0.15) is 45.6 Å². The third-order valence-electron chi connectivity index (χ3n) is 10.6. The van der Waals surface area contributed by atoms with Gasteiger partial charge >= 0.3 is 0 Å². The van der Waals surface area contributed by atoms with Crippen LogP contribution in [0.5, 0.6) is 80.5 Å². The minimum atomic E-state index is -0.601. The zero-order chi connectivity index (χ0) is 43.5. The van der Waals surface area contributed by atoms with Crippen molar-refractivity contribution in [2.75, 3.05) is 6.54 Å². The molecule has 2 aliphatic rings. The Balaban J connectivity index is 0.000000184. The minimum Gasteiger partial charge on any atom is -0.508 e. The zero-order valence-corrected chi connectivity index (χ0v) is 32.3. The highest BCUT2D eigenvalue weighted by Gasteiger charge is 2.35. The van der Waals surface area contributed by atoms with E-state index >= 15 is 0 Å². The third-order valence-corrected chi connectivity index (χ3v) is 10.6. The smallest absolute Gasteiger partial charge is 0.157 e. The maximum atomic E-state index is 10.3. The molecule has 61 heavy (non-hydrogen) atoms. The van der Waals surface area contributed by atoms with Gasteiger partial charge in [0.2, 0.25) is 0 Å². The lowest BCUT2D eigenvalue weighted by atomic mass is 9.91. The van der Waals surface area contributed by atoms with Crippen molar-refractivity contribution in [1.29, 1.82) is 0 Å². The van der Waals surface area contributed by atoms with E-state index in [9.17, 15) is 61.3 Å². The molecule has 0 saturated heterocycles. The molecule has 318 valence electrons. The van der Waals surface area contributed by atoms with E-state index in [2.05, 4.69) is 10.6 Å². The molecular weight excluding hydrogens is 792 g/mol. The average Bonchev–Trinajstić information content (AvgIpc) is 3.21. The molecule has 4 atom stereocenters. The van der Waals surface area contributed by atoms with E-state index in [1.165, 1.54) is 72.8 Å². The van der Waals surface area contributed by atoms with Gasteiger partial charge in [-0.15, -0.1) is 0 Å². The van der Waals surface area contributed by atoms with E-state index < -0.39 is 12.2 Å². The lowest BCUT2D eigenvalue weighted by molar-refractivity contribution is 0.130. The Morgan fingerprint density at radius 2 is 0.820 bits per heavy atom. The Labute approximate surface area is 348 Å². The van der Waals surface area contributed by atoms with Gasteiger partial charge in [0, 0.05) is 41.9 Å². The Morgan fingerprint density at radius 3 is 1.28 bits per heavy atom. The SMILES string of the molecule is Oc1cc(O)c2c(c1)O[C@H](c1ccc(O)c(O)c1)[C@H](NCCc1ccc(O)c(O)c1)C2.Oc1cc(O)c2c(c1)O[C@H](c1ccc(O)c(O)c1)[C@H](NCc1ccc(O)c(O)c1)C2. The van der Waals surface area contributed by atoms with Crippen LogP contribution in [0.4, 0.5) is 0 Å². The molecule has 0 aromatic heterocycles. The number of aromatic hydroxyl groups is 12. The van der Waals surface area contributed by atoms with Gasteiger partial charge in [-0.3, -0.25) is 0 Å². The van der Waals surface area contributed by atoms with Crippen molar-refractivity contribution in [2.24, 2.45) is 0 Å². The molecular formula is C45H44N2O14. The van der Waals surface area contributed by atoms with E-state index in [-0.39, 0.29) is 81.1 Å². The maximum Gasteiger partial charge on any atom is 0.157 e. The number of phenols is 12. The average molecular weight is 837 g/mol. The van der Waals surface area contributed by atoms with E-state index in [0.29, 0.717) is 66.1 Å². The van der Waals surface area contributed by atoms with Crippen LogP contribution < -0.4 is 20.1 Å². The van der Waals surface area contributed by atoms with Gasteiger partial charge in [-0.25, -0.2) is 0 Å². The third kappa shape index (κ3) is 9.35. The molecule has 0 aliphatic carbocycles. The number of fused-ring (bicyclic) bond motifs is 2. The molecule has 0 spiro atoms. The number of nitrogens with one attached hydrogen (secondary N) is 2. The Hall–Kier alpha value is -7.56. The number of hydrogen-bond donors (Lipinski definition) is 14. The van der Waals surface area contributed by atoms with E-state index in [1.807, 2.05) is 0 Å². The number of hydrogen-bond acceptors (Lipinski definition) is 16. The zero-order valence-electron chi connectivity index (χ0n) is 32.3. The quantitative estimate of drug-likeness (QED) is 0.0795. The molecule has 8 rings (SSSR count). The molecule has 16 nitrogen and oxygen atoms in total. The molecule has 0 saturated carbocycles. The Bertz CT molecular complexity index is 2570. The maximum absolute atomic E-state index is 10.3. The first-order valence-corrected chi connectivity index (χ1v) is 19.1. The van der Waals surface area contributed by atoms with Gasteiger partial charge in [0.25, 0.3) is 0 Å². The van der Waals surface area contributed by atoms with Crippen LogP contribution in [0.3, 0.4) is 0 Å². The predicted molar refractivity (Wildman–Crippen MR) is 219 cm³/mol. The van der Waals surface area contributed by atoms with Crippen LogP contribution in [0.15, 0.2) is 97.1 Å². The standard InChI is InChI=1S/C23H23NO7.C22H21NO7/c25-14-9-19(28)15-11-16(24-6-5-12-1-3-17(26)20(29)7-12)23(31-22(15)10-14)13-2-4-18(27)21(30)8-13;24-13-7-18(27)14-9-15(23-10-11-1-3-16(25)19(28)5-11)22(30-21(14)8-13)12-2-4-17(26)20(29)6-12/h1-4,7-10,16,23-30H,5-6,11H2;1-8,15,22-29H,9-10H2/t16-,23-;15-,22-/m11/s1. The number of rotatable bonds is 9. The minimum absolute atomic E-state index is 0.0720. The largest absolute Gasteiger partial charge is 0.508 e. The first-order valence-electron chi connectivity index (χ1n) is 19.1. The van der Waals surface area contributed by atoms with Crippen molar-refractivity contribution in [3.05, 3.63) is 130 Å². The molecule has 2 heterocycles. The fourth-order valence-corrected chi connectivity index (χ4v) is 7.39. The summed E-state index contributed by atoms with van der Waals surface area (Å²) in [4.78, 5) is 0. The second-order valence-corrected chi connectivity index (χ2v) is 14.8. The highest BCUT2D eigenvalue weighted by atomic mass is 16.5. The lowest BCUT2D eigenvalue weighted by Crippen LogP contribution is -2.42. The molecule has 0 fully saturated rings. The summed E-state index contributed by atoms with van der Waals surface area (Å²) in [5.74, 6) is -1.62. The van der Waals surface area contributed by atoms with Gasteiger partial charge in [-0.2, -0.15) is 0 Å². The molecule has 6 aromatic rings. The highest BCUT2D eigenvalue weighted by molar-refractivity contribution is 5.54. The predicted octanol–water partition coefficient (Wildman–Crippen LogP) is 5.55.